The molecule has 1 rings (SSSR count). The Kier molecular flexibility index (Phi) is 4.81. The van der Waals surface area contributed by atoms with Crippen LogP contribution in [0.4, 0.5) is 0 Å². The van der Waals surface area contributed by atoms with Crippen molar-refractivity contribution in [2.45, 2.75) is 46.2 Å². The molecule has 0 radical (unpaired) electrons. The lowest BCUT2D eigenvalue weighted by Gasteiger charge is -2.31. The number of likely N-dealkylation sites (N-methyl/N-ethyl adjacent to an activating group) is 1. The van der Waals surface area contributed by atoms with E-state index in [1.165, 1.54) is 5.56 Å². The normalized spacial score (nSPS) is 13.4. The van der Waals surface area contributed by atoms with Crippen molar-refractivity contribution in [3.63, 3.8) is 0 Å². The van der Waals surface area contributed by atoms with E-state index in [9.17, 15) is 5.11 Å². The quantitative estimate of drug-likeness (QED) is 0.826. The highest BCUT2D eigenvalue weighted by Gasteiger charge is 2.15. The van der Waals surface area contributed by atoms with Gasteiger partial charge in [-0.2, -0.15) is 0 Å². The molecule has 0 aliphatic heterocycles. The maximum Gasteiger partial charge on any atom is 0.115 e. The summed E-state index contributed by atoms with van der Waals surface area (Å²) in [4.78, 5) is 2.48. The zero-order valence-electron chi connectivity index (χ0n) is 10.8. The first-order valence-corrected chi connectivity index (χ1v) is 6.08. The van der Waals surface area contributed by atoms with E-state index in [-0.39, 0.29) is 0 Å². The summed E-state index contributed by atoms with van der Waals surface area (Å²) in [5.41, 5.74) is 1.28. The molecule has 0 fully saturated rings. The number of nitrogens with zero attached hydrogens (tertiary/aromatic N) is 1. The summed E-state index contributed by atoms with van der Waals surface area (Å²) >= 11 is 0. The van der Waals surface area contributed by atoms with E-state index >= 15 is 0 Å². The Morgan fingerprint density at radius 3 is 2.12 bits per heavy atom. The van der Waals surface area contributed by atoms with E-state index < -0.39 is 0 Å². The van der Waals surface area contributed by atoms with Gasteiger partial charge in [-0.05, 0) is 51.4 Å². The average molecular weight is 221 g/mol. The summed E-state index contributed by atoms with van der Waals surface area (Å²) in [7, 11) is 0. The van der Waals surface area contributed by atoms with Crippen molar-refractivity contribution in [2.75, 3.05) is 6.54 Å². The second-order valence-corrected chi connectivity index (χ2v) is 4.64. The molecule has 0 aliphatic carbocycles. The predicted octanol–water partition coefficient (Wildman–Crippen LogP) is 3.05. The Morgan fingerprint density at radius 1 is 1.12 bits per heavy atom. The molecule has 1 unspecified atom stereocenters. The van der Waals surface area contributed by atoms with Gasteiger partial charge in [-0.25, -0.2) is 0 Å². The van der Waals surface area contributed by atoms with Gasteiger partial charge in [-0.15, -0.1) is 0 Å². The van der Waals surface area contributed by atoms with E-state index in [0.29, 0.717) is 17.8 Å². The third kappa shape index (κ3) is 3.53. The number of phenolic OH excluding ortho intramolecular Hbond substituents is 1. The second kappa shape index (κ2) is 5.90. The van der Waals surface area contributed by atoms with Crippen LogP contribution in [-0.4, -0.2) is 28.6 Å². The Morgan fingerprint density at radius 2 is 1.69 bits per heavy atom. The molecule has 0 saturated carbocycles. The predicted molar refractivity (Wildman–Crippen MR) is 68.8 cm³/mol. The highest BCUT2D eigenvalue weighted by Crippen LogP contribution is 2.14. The molecule has 0 saturated heterocycles. The maximum absolute atomic E-state index is 9.22. The Labute approximate surface area is 98.9 Å². The smallest absolute Gasteiger partial charge is 0.115 e. The van der Waals surface area contributed by atoms with Crippen molar-refractivity contribution in [2.24, 2.45) is 0 Å². The molecule has 16 heavy (non-hydrogen) atoms. The lowest BCUT2D eigenvalue weighted by molar-refractivity contribution is 0.172. The minimum absolute atomic E-state index is 0.340. The molecule has 90 valence electrons. The molecule has 1 aromatic carbocycles. The highest BCUT2D eigenvalue weighted by molar-refractivity contribution is 5.26. The molecule has 0 bridgehead atoms. The van der Waals surface area contributed by atoms with Gasteiger partial charge in [0.05, 0.1) is 0 Å². The van der Waals surface area contributed by atoms with E-state index in [0.717, 1.165) is 13.0 Å². The molecule has 1 N–H and O–H groups in total. The van der Waals surface area contributed by atoms with Gasteiger partial charge in [0.15, 0.2) is 0 Å². The number of benzene rings is 1. The van der Waals surface area contributed by atoms with Crippen LogP contribution in [0.1, 0.15) is 33.3 Å². The van der Waals surface area contributed by atoms with Crippen molar-refractivity contribution in [1.82, 2.24) is 4.90 Å². The standard InChI is InChI=1S/C14H23NO/c1-5-15(11(2)3)12(4)10-13-6-8-14(16)9-7-13/h6-9,11-12,16H,5,10H2,1-4H3. The minimum atomic E-state index is 0.340. The van der Waals surface area contributed by atoms with Gasteiger partial charge < -0.3 is 5.11 Å². The topological polar surface area (TPSA) is 23.5 Å². The van der Waals surface area contributed by atoms with Crippen LogP contribution in [-0.2, 0) is 6.42 Å². The number of aromatic hydroxyl groups is 1. The summed E-state index contributed by atoms with van der Waals surface area (Å²) in [6, 6.07) is 8.63. The average Bonchev–Trinajstić information content (AvgIpc) is 2.22. The van der Waals surface area contributed by atoms with Gasteiger partial charge in [0, 0.05) is 12.1 Å². The fourth-order valence-electron chi connectivity index (χ4n) is 2.28. The summed E-state index contributed by atoms with van der Waals surface area (Å²) < 4.78 is 0. The summed E-state index contributed by atoms with van der Waals surface area (Å²) in [5.74, 6) is 0.340. The van der Waals surface area contributed by atoms with Crippen molar-refractivity contribution in [1.29, 1.82) is 0 Å². The van der Waals surface area contributed by atoms with Crippen LogP contribution in [0.2, 0.25) is 0 Å². The first kappa shape index (κ1) is 13.0. The molecule has 2 heteroatoms. The number of rotatable bonds is 5. The van der Waals surface area contributed by atoms with Crippen molar-refractivity contribution in [3.05, 3.63) is 29.8 Å². The molecule has 0 aromatic heterocycles. The summed E-state index contributed by atoms with van der Waals surface area (Å²) in [6.45, 7) is 10.0. The van der Waals surface area contributed by atoms with Gasteiger partial charge in [-0.3, -0.25) is 4.90 Å². The Hall–Kier alpha value is -1.02. The second-order valence-electron chi connectivity index (χ2n) is 4.64. The van der Waals surface area contributed by atoms with E-state index in [2.05, 4.69) is 32.6 Å². The maximum atomic E-state index is 9.22. The molecule has 0 aliphatic rings. The molecule has 1 atom stereocenters. The minimum Gasteiger partial charge on any atom is -0.508 e. The van der Waals surface area contributed by atoms with Crippen molar-refractivity contribution >= 4 is 0 Å². The lowest BCUT2D eigenvalue weighted by Crippen LogP contribution is -2.39. The molecular formula is C14H23NO. The van der Waals surface area contributed by atoms with Crippen molar-refractivity contribution < 1.29 is 5.11 Å². The monoisotopic (exact) mass is 221 g/mol. The third-order valence-corrected chi connectivity index (χ3v) is 3.06. The zero-order valence-corrected chi connectivity index (χ0v) is 10.8. The van der Waals surface area contributed by atoms with Crippen LogP contribution < -0.4 is 0 Å². The van der Waals surface area contributed by atoms with Crippen molar-refractivity contribution in [3.8, 4) is 5.75 Å². The SMILES string of the molecule is CCN(C(C)C)C(C)Cc1ccc(O)cc1. The first-order valence-electron chi connectivity index (χ1n) is 6.08. The highest BCUT2D eigenvalue weighted by atomic mass is 16.3. The zero-order chi connectivity index (χ0) is 12.1. The number of hydrogen-bond acceptors (Lipinski definition) is 2. The van der Waals surface area contributed by atoms with Gasteiger partial charge in [0.1, 0.15) is 5.75 Å². The largest absolute Gasteiger partial charge is 0.508 e. The molecule has 2 nitrogen and oxygen atoms in total. The molecule has 1 aromatic rings. The molecular weight excluding hydrogens is 198 g/mol. The lowest BCUT2D eigenvalue weighted by atomic mass is 10.0. The van der Waals surface area contributed by atoms with Crippen LogP contribution in [0.5, 0.6) is 5.75 Å². The van der Waals surface area contributed by atoms with Crippen LogP contribution >= 0.6 is 0 Å². The van der Waals surface area contributed by atoms with Gasteiger partial charge in [0.2, 0.25) is 0 Å². The van der Waals surface area contributed by atoms with Crippen LogP contribution in [0.25, 0.3) is 0 Å². The van der Waals surface area contributed by atoms with Crippen LogP contribution in [0, 0.1) is 0 Å². The Balaban J connectivity index is 2.62. The fourth-order valence-corrected chi connectivity index (χ4v) is 2.28. The molecule has 0 amide bonds. The Bertz CT molecular complexity index is 305. The number of phenols is 1. The number of hydrogen-bond donors (Lipinski definition) is 1. The van der Waals surface area contributed by atoms with Crippen LogP contribution in [0.3, 0.4) is 0 Å². The van der Waals surface area contributed by atoms with Crippen LogP contribution in [0.15, 0.2) is 24.3 Å². The van der Waals surface area contributed by atoms with Gasteiger partial charge in [-0.1, -0.05) is 19.1 Å². The summed E-state index contributed by atoms with van der Waals surface area (Å²) in [5, 5.41) is 9.22. The molecule has 0 heterocycles. The first-order chi connectivity index (χ1) is 7.54. The van der Waals surface area contributed by atoms with E-state index in [1.807, 2.05) is 12.1 Å². The van der Waals surface area contributed by atoms with Gasteiger partial charge in [0.25, 0.3) is 0 Å². The van der Waals surface area contributed by atoms with E-state index in [1.54, 1.807) is 12.1 Å². The van der Waals surface area contributed by atoms with E-state index in [4.69, 9.17) is 0 Å². The summed E-state index contributed by atoms with van der Waals surface area (Å²) in [6.07, 6.45) is 1.03. The fraction of sp³-hybridized carbons (Fsp3) is 0.571. The third-order valence-electron chi connectivity index (χ3n) is 3.06. The van der Waals surface area contributed by atoms with Gasteiger partial charge >= 0.3 is 0 Å². The molecule has 0 spiro atoms.